The maximum atomic E-state index is 12.0. The molecule has 0 aliphatic rings. The summed E-state index contributed by atoms with van der Waals surface area (Å²) >= 11 is 0. The molecule has 2 aromatic carbocycles. The number of rotatable bonds is 5. The Morgan fingerprint density at radius 1 is 0.955 bits per heavy atom. The van der Waals surface area contributed by atoms with Gasteiger partial charge in [-0.05, 0) is 24.6 Å². The molecule has 0 saturated heterocycles. The third-order valence-electron chi connectivity index (χ3n) is 3.21. The van der Waals surface area contributed by atoms with E-state index < -0.39 is 11.9 Å². The van der Waals surface area contributed by atoms with Crippen LogP contribution in [0.3, 0.4) is 0 Å². The first-order valence-corrected chi connectivity index (χ1v) is 6.59. The number of Topliss-reactive ketones (excluding diaryl/α,β-unsaturated/α-hetero) is 1. The Morgan fingerprint density at radius 2 is 1.59 bits per heavy atom. The van der Waals surface area contributed by atoms with E-state index in [9.17, 15) is 14.4 Å². The van der Waals surface area contributed by atoms with Gasteiger partial charge < -0.3 is 9.84 Å². The summed E-state index contributed by atoms with van der Waals surface area (Å²) in [6, 6.07) is 12.8. The molecular weight excluding hydrogens is 284 g/mol. The number of esters is 1. The van der Waals surface area contributed by atoms with Gasteiger partial charge in [-0.2, -0.15) is 0 Å². The largest absolute Gasteiger partial charge is 0.478 e. The Hall–Kier alpha value is -2.95. The maximum Gasteiger partial charge on any atom is 0.338 e. The van der Waals surface area contributed by atoms with Crippen molar-refractivity contribution in [3.8, 4) is 0 Å². The van der Waals surface area contributed by atoms with Gasteiger partial charge in [0.2, 0.25) is 0 Å². The molecule has 0 aromatic heterocycles. The smallest absolute Gasteiger partial charge is 0.338 e. The third kappa shape index (κ3) is 3.38. The van der Waals surface area contributed by atoms with Crippen LogP contribution in [0.4, 0.5) is 0 Å². The molecule has 0 aliphatic carbocycles. The van der Waals surface area contributed by atoms with Crippen molar-refractivity contribution in [3.05, 3.63) is 70.8 Å². The number of aromatic carboxylic acids is 1. The first-order valence-electron chi connectivity index (χ1n) is 6.59. The van der Waals surface area contributed by atoms with Crippen molar-refractivity contribution in [3.63, 3.8) is 0 Å². The summed E-state index contributed by atoms with van der Waals surface area (Å²) in [6.45, 7) is 1.14. The Labute approximate surface area is 127 Å². The Bertz CT molecular complexity index is 719. The molecule has 0 spiro atoms. The van der Waals surface area contributed by atoms with E-state index in [0.717, 1.165) is 0 Å². The van der Waals surface area contributed by atoms with E-state index >= 15 is 0 Å². The zero-order valence-corrected chi connectivity index (χ0v) is 11.9. The molecule has 2 rings (SSSR count). The van der Waals surface area contributed by atoms with Gasteiger partial charge >= 0.3 is 11.9 Å². The monoisotopic (exact) mass is 298 g/mol. The molecule has 112 valence electrons. The Kier molecular flexibility index (Phi) is 4.68. The number of carboxylic acids is 1. The molecule has 0 amide bonds. The predicted octanol–water partition coefficient (Wildman–Crippen LogP) is 2.73. The molecule has 0 atom stereocenters. The van der Waals surface area contributed by atoms with Crippen LogP contribution in [0.25, 0.3) is 0 Å². The molecular formula is C17H14O5. The molecule has 1 N–H and O–H groups in total. The van der Waals surface area contributed by atoms with Gasteiger partial charge in [-0.3, -0.25) is 4.79 Å². The molecule has 2 aromatic rings. The first kappa shape index (κ1) is 15.4. The minimum absolute atomic E-state index is 0.0313. The van der Waals surface area contributed by atoms with Crippen molar-refractivity contribution in [2.75, 3.05) is 6.61 Å². The number of ketones is 1. The summed E-state index contributed by atoms with van der Waals surface area (Å²) in [7, 11) is 0. The Morgan fingerprint density at radius 3 is 2.23 bits per heavy atom. The summed E-state index contributed by atoms with van der Waals surface area (Å²) in [5, 5.41) is 9.03. The molecule has 0 bridgehead atoms. The van der Waals surface area contributed by atoms with E-state index in [1.165, 1.54) is 25.1 Å². The van der Waals surface area contributed by atoms with Gasteiger partial charge in [-0.15, -0.1) is 0 Å². The van der Waals surface area contributed by atoms with E-state index in [1.54, 1.807) is 30.3 Å². The van der Waals surface area contributed by atoms with Gasteiger partial charge in [0, 0.05) is 5.56 Å². The number of ether oxygens (including phenoxy) is 1. The van der Waals surface area contributed by atoms with E-state index in [2.05, 4.69) is 0 Å². The first-order chi connectivity index (χ1) is 10.5. The van der Waals surface area contributed by atoms with Crippen LogP contribution in [-0.4, -0.2) is 29.4 Å². The molecule has 0 unspecified atom stereocenters. The van der Waals surface area contributed by atoms with Crippen LogP contribution in [-0.2, 0) is 4.74 Å². The van der Waals surface area contributed by atoms with Crippen LogP contribution >= 0.6 is 0 Å². The molecule has 0 heterocycles. The second-order valence-electron chi connectivity index (χ2n) is 4.65. The average Bonchev–Trinajstić information content (AvgIpc) is 2.53. The normalized spacial score (nSPS) is 10.0. The Balaban J connectivity index is 2.09. The SMILES string of the molecule is Cc1c(C(=O)O)cccc1C(=O)OCC(=O)c1ccccc1. The van der Waals surface area contributed by atoms with Crippen LogP contribution in [0.1, 0.15) is 36.6 Å². The topological polar surface area (TPSA) is 80.7 Å². The zero-order chi connectivity index (χ0) is 16.1. The number of carboxylic acid groups (broad SMARTS) is 1. The zero-order valence-electron chi connectivity index (χ0n) is 11.9. The van der Waals surface area contributed by atoms with E-state index in [-0.39, 0.29) is 23.5 Å². The summed E-state index contributed by atoms with van der Waals surface area (Å²) in [6.07, 6.45) is 0. The molecule has 5 nitrogen and oxygen atoms in total. The van der Waals surface area contributed by atoms with Crippen molar-refractivity contribution < 1.29 is 24.2 Å². The second kappa shape index (κ2) is 6.67. The van der Waals surface area contributed by atoms with Crippen LogP contribution in [0.2, 0.25) is 0 Å². The maximum absolute atomic E-state index is 12.0. The highest BCUT2D eigenvalue weighted by Crippen LogP contribution is 2.15. The van der Waals surface area contributed by atoms with Crippen LogP contribution in [0, 0.1) is 6.92 Å². The minimum Gasteiger partial charge on any atom is -0.478 e. The molecule has 0 fully saturated rings. The highest BCUT2D eigenvalue weighted by molar-refractivity contribution is 6.00. The van der Waals surface area contributed by atoms with Gasteiger partial charge in [0.15, 0.2) is 12.4 Å². The number of carbonyl (C=O) groups is 3. The fourth-order valence-corrected chi connectivity index (χ4v) is 2.00. The third-order valence-corrected chi connectivity index (χ3v) is 3.21. The molecule has 22 heavy (non-hydrogen) atoms. The van der Waals surface area contributed by atoms with E-state index in [1.807, 2.05) is 0 Å². The van der Waals surface area contributed by atoms with Gasteiger partial charge in [0.25, 0.3) is 0 Å². The number of hydrogen-bond acceptors (Lipinski definition) is 4. The van der Waals surface area contributed by atoms with Crippen molar-refractivity contribution in [1.82, 2.24) is 0 Å². The van der Waals surface area contributed by atoms with Gasteiger partial charge in [0.1, 0.15) is 0 Å². The van der Waals surface area contributed by atoms with Gasteiger partial charge in [-0.1, -0.05) is 36.4 Å². The van der Waals surface area contributed by atoms with Crippen molar-refractivity contribution in [2.45, 2.75) is 6.92 Å². The standard InChI is InChI=1S/C17H14O5/c1-11-13(16(19)20)8-5-9-14(11)17(21)22-10-15(18)12-6-3-2-4-7-12/h2-9H,10H2,1H3,(H,19,20). The summed E-state index contributed by atoms with van der Waals surface area (Å²) in [4.78, 5) is 34.9. The van der Waals surface area contributed by atoms with Crippen molar-refractivity contribution in [1.29, 1.82) is 0 Å². The lowest BCUT2D eigenvalue weighted by atomic mass is 10.0. The van der Waals surface area contributed by atoms with Gasteiger partial charge in [0.05, 0.1) is 11.1 Å². The lowest BCUT2D eigenvalue weighted by Crippen LogP contribution is -2.16. The highest BCUT2D eigenvalue weighted by atomic mass is 16.5. The highest BCUT2D eigenvalue weighted by Gasteiger charge is 2.17. The van der Waals surface area contributed by atoms with E-state index in [0.29, 0.717) is 11.1 Å². The predicted molar refractivity (Wildman–Crippen MR) is 79.2 cm³/mol. The fraction of sp³-hybridized carbons (Fsp3) is 0.118. The fourth-order valence-electron chi connectivity index (χ4n) is 2.00. The van der Waals surface area contributed by atoms with Crippen LogP contribution in [0.5, 0.6) is 0 Å². The molecule has 5 heteroatoms. The molecule has 0 aliphatic heterocycles. The summed E-state index contributed by atoms with van der Waals surface area (Å²) in [5.74, 6) is -2.15. The lowest BCUT2D eigenvalue weighted by Gasteiger charge is -2.08. The summed E-state index contributed by atoms with van der Waals surface area (Å²) in [5.41, 5.74) is 0.933. The minimum atomic E-state index is -1.12. The number of carbonyl (C=O) groups excluding carboxylic acids is 2. The lowest BCUT2D eigenvalue weighted by molar-refractivity contribution is 0.0474. The quantitative estimate of drug-likeness (QED) is 0.678. The van der Waals surface area contributed by atoms with Crippen LogP contribution in [0.15, 0.2) is 48.5 Å². The number of hydrogen-bond donors (Lipinski definition) is 1. The van der Waals surface area contributed by atoms with E-state index in [4.69, 9.17) is 9.84 Å². The number of benzene rings is 2. The second-order valence-corrected chi connectivity index (χ2v) is 4.65. The molecule has 0 saturated carbocycles. The van der Waals surface area contributed by atoms with Gasteiger partial charge in [-0.25, -0.2) is 9.59 Å². The van der Waals surface area contributed by atoms with Crippen molar-refractivity contribution in [2.24, 2.45) is 0 Å². The van der Waals surface area contributed by atoms with Crippen molar-refractivity contribution >= 4 is 17.7 Å². The summed E-state index contributed by atoms with van der Waals surface area (Å²) < 4.78 is 4.98. The average molecular weight is 298 g/mol. The van der Waals surface area contributed by atoms with Crippen LogP contribution < -0.4 is 0 Å². The molecule has 0 radical (unpaired) electrons.